The van der Waals surface area contributed by atoms with Gasteiger partial charge in [0, 0.05) is 40.9 Å². The molecule has 2 unspecified atom stereocenters. The molecule has 4 aliphatic heterocycles. The summed E-state index contributed by atoms with van der Waals surface area (Å²) in [6, 6.07) is 2.30. The van der Waals surface area contributed by atoms with E-state index in [-0.39, 0.29) is 43.1 Å². The maximum Gasteiger partial charge on any atom is 0.236 e. The quantitative estimate of drug-likeness (QED) is 0.413. The number of nitriles is 1. The summed E-state index contributed by atoms with van der Waals surface area (Å²) in [5, 5.41) is 25.4. The molecular formula is C32H39N5O6. The number of piperazine rings is 1. The average Bonchev–Trinajstić information content (AvgIpc) is 3.46. The number of aryl methyl sites for hydroxylation is 1. The maximum atomic E-state index is 12.8. The van der Waals surface area contributed by atoms with Crippen LogP contribution in [-0.2, 0) is 17.6 Å². The zero-order valence-electron chi connectivity index (χ0n) is 25.3. The van der Waals surface area contributed by atoms with Crippen LogP contribution in [-0.4, -0.2) is 79.1 Å². The molecule has 1 fully saturated rings. The first-order valence-corrected chi connectivity index (χ1v) is 14.6. The van der Waals surface area contributed by atoms with Crippen LogP contribution < -0.4 is 30.0 Å². The number of ether oxygens (including phenoxy) is 4. The minimum atomic E-state index is -0.702. The number of nitrogens with one attached hydrogen (secondary N) is 1. The van der Waals surface area contributed by atoms with Crippen molar-refractivity contribution in [2.45, 2.75) is 69.9 Å². The highest BCUT2D eigenvalue weighted by Crippen LogP contribution is 2.58. The van der Waals surface area contributed by atoms with Crippen molar-refractivity contribution in [1.29, 1.82) is 5.26 Å². The van der Waals surface area contributed by atoms with Crippen molar-refractivity contribution in [3.05, 3.63) is 52.1 Å². The number of fused-ring (bicyclic) bond motifs is 9. The number of phenolic OH excluding ortho intramolecular Hbond substituents is 1. The van der Waals surface area contributed by atoms with Crippen LogP contribution in [0.1, 0.15) is 52.4 Å². The van der Waals surface area contributed by atoms with Crippen LogP contribution in [0.3, 0.4) is 0 Å². The Kier molecular flexibility index (Phi) is 7.40. The minimum Gasteiger partial charge on any atom is -0.504 e. The third-order valence-electron chi connectivity index (χ3n) is 9.49. The number of nitrogens with zero attached hydrogens (tertiary/aromatic N) is 3. The molecule has 6 atom stereocenters. The Morgan fingerprint density at radius 2 is 2.02 bits per heavy atom. The first-order chi connectivity index (χ1) is 20.6. The van der Waals surface area contributed by atoms with E-state index in [9.17, 15) is 15.2 Å². The van der Waals surface area contributed by atoms with Gasteiger partial charge in [-0.15, -0.1) is 0 Å². The maximum absolute atomic E-state index is 12.8. The summed E-state index contributed by atoms with van der Waals surface area (Å²) in [6.07, 6.45) is 2.78. The molecule has 1 amide bonds. The molecule has 6 rings (SSSR count). The molecule has 2 aromatic rings. The summed E-state index contributed by atoms with van der Waals surface area (Å²) < 4.78 is 24.0. The summed E-state index contributed by atoms with van der Waals surface area (Å²) in [6.45, 7) is 9.89. The topological polar surface area (TPSA) is 143 Å². The van der Waals surface area contributed by atoms with Gasteiger partial charge in [-0.1, -0.05) is 18.7 Å². The smallest absolute Gasteiger partial charge is 0.236 e. The zero-order chi connectivity index (χ0) is 30.7. The van der Waals surface area contributed by atoms with Crippen LogP contribution >= 0.6 is 0 Å². The van der Waals surface area contributed by atoms with E-state index < -0.39 is 18.1 Å². The Bertz CT molecular complexity index is 1530. The molecule has 0 aromatic heterocycles. The fourth-order valence-corrected chi connectivity index (χ4v) is 7.73. The number of carbonyl (C=O) groups is 1. The molecule has 4 N–H and O–H groups in total. The number of likely N-dealkylation sites (N-methyl/N-ethyl adjacent to an activating group) is 1. The number of benzene rings is 2. The number of carbonyl (C=O) groups excluding carboxylic acids is 1. The molecule has 4 heterocycles. The molecule has 228 valence electrons. The number of amides is 1. The highest BCUT2D eigenvalue weighted by atomic mass is 16.7. The molecule has 0 spiro atoms. The van der Waals surface area contributed by atoms with Crippen molar-refractivity contribution in [3.8, 4) is 34.8 Å². The lowest BCUT2D eigenvalue weighted by molar-refractivity contribution is -0.123. The molecule has 1 saturated heterocycles. The summed E-state index contributed by atoms with van der Waals surface area (Å²) >= 11 is 0. The highest BCUT2D eigenvalue weighted by molar-refractivity contribution is 5.81. The Labute approximate surface area is 251 Å². The van der Waals surface area contributed by atoms with Crippen molar-refractivity contribution in [2.24, 2.45) is 5.73 Å². The van der Waals surface area contributed by atoms with Crippen molar-refractivity contribution in [3.63, 3.8) is 0 Å². The number of hydrogen-bond donors (Lipinski definition) is 3. The predicted octanol–water partition coefficient (Wildman–Crippen LogP) is 2.55. The van der Waals surface area contributed by atoms with Crippen LogP contribution in [0.2, 0.25) is 0 Å². The number of rotatable bonds is 7. The lowest BCUT2D eigenvalue weighted by Gasteiger charge is -2.60. The summed E-state index contributed by atoms with van der Waals surface area (Å²) in [5.41, 5.74) is 11.2. The van der Waals surface area contributed by atoms with Gasteiger partial charge in [-0.3, -0.25) is 14.6 Å². The Morgan fingerprint density at radius 1 is 1.28 bits per heavy atom. The molecule has 0 radical (unpaired) electrons. The minimum absolute atomic E-state index is 0.0614. The highest BCUT2D eigenvalue weighted by Gasteiger charge is 2.56. The van der Waals surface area contributed by atoms with Crippen molar-refractivity contribution in [2.75, 3.05) is 34.1 Å². The van der Waals surface area contributed by atoms with Gasteiger partial charge < -0.3 is 35.1 Å². The van der Waals surface area contributed by atoms with Gasteiger partial charge in [-0.2, -0.15) is 5.26 Å². The molecule has 0 aliphatic carbocycles. The molecule has 2 aromatic carbocycles. The summed E-state index contributed by atoms with van der Waals surface area (Å²) in [4.78, 5) is 17.2. The van der Waals surface area contributed by atoms with Gasteiger partial charge in [0.25, 0.3) is 0 Å². The van der Waals surface area contributed by atoms with Gasteiger partial charge in [0.2, 0.25) is 12.7 Å². The van der Waals surface area contributed by atoms with Gasteiger partial charge in [-0.25, -0.2) is 0 Å². The van der Waals surface area contributed by atoms with Crippen LogP contribution in [0.15, 0.2) is 18.7 Å². The van der Waals surface area contributed by atoms with E-state index in [1.807, 2.05) is 20.9 Å². The Balaban J connectivity index is 1.60. The van der Waals surface area contributed by atoms with Gasteiger partial charge in [0.05, 0.1) is 31.3 Å². The SMILES string of the molecule is C=CCOc1c(C)c2c(c3c1CC1[C@H]4c5c(cc(C)c(OC)c5O)CC([C@H](C#N)N1[C@H]3CNC(=O)[C@H](C)N)N4C)OCO2. The van der Waals surface area contributed by atoms with Gasteiger partial charge >= 0.3 is 0 Å². The predicted molar refractivity (Wildman–Crippen MR) is 159 cm³/mol. The van der Waals surface area contributed by atoms with E-state index in [0.29, 0.717) is 42.4 Å². The third kappa shape index (κ3) is 4.31. The zero-order valence-corrected chi connectivity index (χ0v) is 25.3. The third-order valence-corrected chi connectivity index (χ3v) is 9.49. The van der Waals surface area contributed by atoms with E-state index >= 15 is 0 Å². The van der Waals surface area contributed by atoms with Crippen LogP contribution in [0.5, 0.6) is 28.7 Å². The second-order valence-electron chi connectivity index (χ2n) is 11.9. The molecule has 11 heteroatoms. The van der Waals surface area contributed by atoms with Gasteiger partial charge in [0.15, 0.2) is 23.0 Å². The Hall–Kier alpha value is -3.98. The van der Waals surface area contributed by atoms with E-state index in [0.717, 1.165) is 33.4 Å². The normalized spacial score (nSPS) is 25.9. The standard InChI is InChI=1S/C32H39N5O6/c1-7-8-41-29-16(3)30-31(43-14-42-30)25-19(29)11-21-26-24-18(9-15(2)28(40-6)27(24)38)10-20(36(26)5)22(12-33)37(21)23(25)13-35-32(39)17(4)34/h7,9,17,20-23,26,38H,1,8,10-11,13-14,34H2,2-6H3,(H,35,39)/t17-,20?,21?,22-,23-,26-/m0/s1. The number of nitrogens with two attached hydrogens (primary N) is 1. The Morgan fingerprint density at radius 3 is 2.70 bits per heavy atom. The van der Waals surface area contributed by atoms with Crippen molar-refractivity contribution < 1.29 is 28.8 Å². The van der Waals surface area contributed by atoms with Crippen LogP contribution in [0.4, 0.5) is 0 Å². The lowest BCUT2D eigenvalue weighted by atomic mass is 9.71. The first kappa shape index (κ1) is 29.1. The molecule has 0 saturated carbocycles. The second-order valence-corrected chi connectivity index (χ2v) is 11.9. The van der Waals surface area contributed by atoms with E-state index in [4.69, 9.17) is 24.7 Å². The second kappa shape index (κ2) is 10.9. The first-order valence-electron chi connectivity index (χ1n) is 14.6. The van der Waals surface area contributed by atoms with Gasteiger partial charge in [-0.05, 0) is 51.8 Å². The van der Waals surface area contributed by atoms with Crippen LogP contribution in [0.25, 0.3) is 0 Å². The molecule has 43 heavy (non-hydrogen) atoms. The van der Waals surface area contributed by atoms with Crippen LogP contribution in [0, 0.1) is 25.2 Å². The van der Waals surface area contributed by atoms with E-state index in [1.54, 1.807) is 20.1 Å². The van der Waals surface area contributed by atoms with Crippen molar-refractivity contribution in [1.82, 2.24) is 15.1 Å². The molecule has 4 aliphatic rings. The number of hydrogen-bond acceptors (Lipinski definition) is 10. The summed E-state index contributed by atoms with van der Waals surface area (Å²) in [5.74, 6) is 2.18. The number of methoxy groups -OCH3 is 1. The van der Waals surface area contributed by atoms with E-state index in [2.05, 4.69) is 33.8 Å². The monoisotopic (exact) mass is 589 g/mol. The lowest BCUT2D eigenvalue weighted by Crippen LogP contribution is -2.68. The van der Waals surface area contributed by atoms with Gasteiger partial charge in [0.1, 0.15) is 18.4 Å². The molecular weight excluding hydrogens is 550 g/mol. The fourth-order valence-electron chi connectivity index (χ4n) is 7.73. The van der Waals surface area contributed by atoms with E-state index in [1.165, 1.54) is 0 Å². The largest absolute Gasteiger partial charge is 0.504 e. The molecule has 2 bridgehead atoms. The molecule has 11 nitrogen and oxygen atoms in total. The van der Waals surface area contributed by atoms with Crippen molar-refractivity contribution >= 4 is 5.91 Å². The fraction of sp³-hybridized carbons (Fsp3) is 0.500. The number of aromatic hydroxyl groups is 1. The number of phenols is 1. The average molecular weight is 590 g/mol. The summed E-state index contributed by atoms with van der Waals surface area (Å²) in [7, 11) is 3.58.